The van der Waals surface area contributed by atoms with Gasteiger partial charge in [0.15, 0.2) is 0 Å². The molecule has 0 N–H and O–H groups in total. The predicted molar refractivity (Wildman–Crippen MR) is 78.3 cm³/mol. The van der Waals surface area contributed by atoms with Crippen molar-refractivity contribution in [2.24, 2.45) is 0 Å². The molecule has 1 heterocycles. The summed E-state index contributed by atoms with van der Waals surface area (Å²) in [6.07, 6.45) is 1.04. The van der Waals surface area contributed by atoms with Crippen LogP contribution < -0.4 is 0 Å². The lowest BCUT2D eigenvalue weighted by Crippen LogP contribution is -2.11. The molecule has 1 aromatic carbocycles. The Labute approximate surface area is 131 Å². The largest absolute Gasteiger partial charge is 0.417 e. The molecule has 0 spiro atoms. The van der Waals surface area contributed by atoms with Gasteiger partial charge in [-0.25, -0.2) is 4.39 Å². The third kappa shape index (κ3) is 3.35. The molecule has 3 rings (SSSR count). The van der Waals surface area contributed by atoms with Gasteiger partial charge >= 0.3 is 6.18 Å². The van der Waals surface area contributed by atoms with Crippen LogP contribution in [-0.2, 0) is 19.0 Å². The van der Waals surface area contributed by atoms with E-state index in [2.05, 4.69) is 10.2 Å². The number of aryl methyl sites for hydroxylation is 2. The van der Waals surface area contributed by atoms with Gasteiger partial charge in [0.25, 0.3) is 0 Å². The molecule has 2 aromatic rings. The molecule has 0 fully saturated rings. The zero-order chi connectivity index (χ0) is 16.4. The molecule has 6 heteroatoms. The Kier molecular flexibility index (Phi) is 4.33. The van der Waals surface area contributed by atoms with Crippen molar-refractivity contribution < 1.29 is 17.6 Å². The molecular formula is C17H16F4N2. The number of alkyl halides is 3. The van der Waals surface area contributed by atoms with Gasteiger partial charge in [-0.05, 0) is 49.4 Å². The summed E-state index contributed by atoms with van der Waals surface area (Å²) in [6, 6.07) is 4.52. The van der Waals surface area contributed by atoms with Gasteiger partial charge in [0.05, 0.1) is 22.5 Å². The predicted octanol–water partition coefficient (Wildman–Crippen LogP) is 4.96. The fourth-order valence-electron chi connectivity index (χ4n) is 2.99. The lowest BCUT2D eigenvalue weighted by molar-refractivity contribution is -0.137. The molecule has 23 heavy (non-hydrogen) atoms. The van der Waals surface area contributed by atoms with Crippen molar-refractivity contribution in [3.63, 3.8) is 0 Å². The monoisotopic (exact) mass is 324 g/mol. The first-order valence-corrected chi connectivity index (χ1v) is 7.68. The van der Waals surface area contributed by atoms with Gasteiger partial charge in [-0.3, -0.25) is 0 Å². The van der Waals surface area contributed by atoms with E-state index in [1.54, 1.807) is 6.07 Å². The smallest absolute Gasteiger partial charge is 0.206 e. The Morgan fingerprint density at radius 3 is 2.39 bits per heavy atom. The van der Waals surface area contributed by atoms with Crippen molar-refractivity contribution >= 4 is 0 Å². The highest BCUT2D eigenvalue weighted by Gasteiger charge is 2.35. The molecule has 2 nitrogen and oxygen atoms in total. The van der Waals surface area contributed by atoms with Crippen molar-refractivity contribution in [1.82, 2.24) is 10.2 Å². The molecule has 0 unspecified atom stereocenters. The second-order valence-corrected chi connectivity index (χ2v) is 5.78. The lowest BCUT2D eigenvalue weighted by Gasteiger charge is -2.16. The number of aromatic nitrogens is 2. The Hall–Kier alpha value is -1.98. The molecule has 0 saturated carbocycles. The third-order valence-electron chi connectivity index (χ3n) is 4.14. The highest BCUT2D eigenvalue weighted by molar-refractivity contribution is 5.65. The van der Waals surface area contributed by atoms with E-state index in [-0.39, 0.29) is 5.69 Å². The van der Waals surface area contributed by atoms with Gasteiger partial charge in [0.1, 0.15) is 5.82 Å². The van der Waals surface area contributed by atoms with Crippen LogP contribution in [0.15, 0.2) is 24.3 Å². The second kappa shape index (κ2) is 6.26. The minimum absolute atomic E-state index is 0.0465. The summed E-state index contributed by atoms with van der Waals surface area (Å²) >= 11 is 0. The van der Waals surface area contributed by atoms with Crippen LogP contribution in [0.25, 0.3) is 11.3 Å². The summed E-state index contributed by atoms with van der Waals surface area (Å²) in [5.74, 6) is -0.931. The molecule has 0 radical (unpaired) electrons. The molecule has 0 atom stereocenters. The first-order chi connectivity index (χ1) is 11.0. The second-order valence-electron chi connectivity index (χ2n) is 5.78. The molecule has 1 aromatic heterocycles. The summed E-state index contributed by atoms with van der Waals surface area (Å²) < 4.78 is 53.5. The van der Waals surface area contributed by atoms with Crippen LogP contribution in [0.3, 0.4) is 0 Å². The van der Waals surface area contributed by atoms with Gasteiger partial charge in [-0.1, -0.05) is 18.9 Å². The van der Waals surface area contributed by atoms with Crippen molar-refractivity contribution in [1.29, 1.82) is 0 Å². The van der Waals surface area contributed by atoms with E-state index in [1.165, 1.54) is 0 Å². The van der Waals surface area contributed by atoms with E-state index < -0.39 is 23.1 Å². The highest BCUT2D eigenvalue weighted by atomic mass is 19.4. The molecule has 122 valence electrons. The molecule has 0 aliphatic heterocycles. The van der Waals surface area contributed by atoms with E-state index in [1.807, 2.05) is 0 Å². The van der Waals surface area contributed by atoms with E-state index in [9.17, 15) is 17.6 Å². The van der Waals surface area contributed by atoms with Crippen molar-refractivity contribution in [2.75, 3.05) is 0 Å². The van der Waals surface area contributed by atoms with E-state index in [0.717, 1.165) is 68.0 Å². The first-order valence-electron chi connectivity index (χ1n) is 7.68. The summed E-state index contributed by atoms with van der Waals surface area (Å²) in [5.41, 5.74) is 0.120. The summed E-state index contributed by atoms with van der Waals surface area (Å²) in [4.78, 5) is 0. The van der Waals surface area contributed by atoms with Gasteiger partial charge in [0, 0.05) is 0 Å². The van der Waals surface area contributed by atoms with Crippen molar-refractivity contribution in [3.05, 3.63) is 46.9 Å². The molecule has 0 bridgehead atoms. The van der Waals surface area contributed by atoms with Crippen LogP contribution in [-0.4, -0.2) is 10.2 Å². The van der Waals surface area contributed by atoms with E-state index >= 15 is 0 Å². The van der Waals surface area contributed by atoms with Crippen molar-refractivity contribution in [2.45, 2.75) is 44.7 Å². The maximum absolute atomic E-state index is 14.1. The Morgan fingerprint density at radius 2 is 1.65 bits per heavy atom. The minimum atomic E-state index is -4.64. The average Bonchev–Trinajstić information content (AvgIpc) is 2.47. The van der Waals surface area contributed by atoms with Gasteiger partial charge in [-0.15, -0.1) is 0 Å². The quantitative estimate of drug-likeness (QED) is 0.693. The average molecular weight is 324 g/mol. The first kappa shape index (κ1) is 15.9. The maximum Gasteiger partial charge on any atom is 0.417 e. The number of fused-ring (bicyclic) bond motifs is 1. The summed E-state index contributed by atoms with van der Waals surface area (Å²) in [6.45, 7) is 0. The van der Waals surface area contributed by atoms with Gasteiger partial charge < -0.3 is 0 Å². The van der Waals surface area contributed by atoms with Crippen LogP contribution >= 0.6 is 0 Å². The standard InChI is InChI=1S/C17H16F4N2/c18-13-8-5-7-12(17(19,20)21)16(13)15-10-11-6-3-1-2-4-9-14(11)22-23-15/h5,7-8,10H,1-4,6,9H2. The normalized spacial score (nSPS) is 15.7. The third-order valence-corrected chi connectivity index (χ3v) is 4.14. The number of hydrogen-bond acceptors (Lipinski definition) is 2. The van der Waals surface area contributed by atoms with Crippen LogP contribution in [0.4, 0.5) is 17.6 Å². The van der Waals surface area contributed by atoms with E-state index in [4.69, 9.17) is 0 Å². The molecule has 1 aliphatic carbocycles. The van der Waals surface area contributed by atoms with Crippen LogP contribution in [0.2, 0.25) is 0 Å². The summed E-state index contributed by atoms with van der Waals surface area (Å²) in [5, 5.41) is 7.96. The zero-order valence-corrected chi connectivity index (χ0v) is 12.5. The van der Waals surface area contributed by atoms with Crippen LogP contribution in [0, 0.1) is 5.82 Å². The minimum Gasteiger partial charge on any atom is -0.206 e. The topological polar surface area (TPSA) is 25.8 Å². The van der Waals surface area contributed by atoms with Crippen LogP contribution in [0.1, 0.15) is 42.5 Å². The molecule has 0 saturated heterocycles. The van der Waals surface area contributed by atoms with Gasteiger partial charge in [0.2, 0.25) is 0 Å². The Balaban J connectivity index is 2.11. The number of halogens is 4. The molecule has 1 aliphatic rings. The van der Waals surface area contributed by atoms with Crippen LogP contribution in [0.5, 0.6) is 0 Å². The Morgan fingerprint density at radius 1 is 0.913 bits per heavy atom. The number of benzene rings is 1. The van der Waals surface area contributed by atoms with E-state index in [0.29, 0.717) is 0 Å². The highest BCUT2D eigenvalue weighted by Crippen LogP contribution is 2.38. The molecule has 0 amide bonds. The number of rotatable bonds is 1. The van der Waals surface area contributed by atoms with Crippen molar-refractivity contribution in [3.8, 4) is 11.3 Å². The SMILES string of the molecule is Fc1cccc(C(F)(F)F)c1-c1cc2c(nn1)CCCCCC2. The molecular weight excluding hydrogens is 308 g/mol. The van der Waals surface area contributed by atoms with Gasteiger partial charge in [-0.2, -0.15) is 23.4 Å². The fraction of sp³-hybridized carbons (Fsp3) is 0.412. The lowest BCUT2D eigenvalue weighted by atomic mass is 9.95. The number of nitrogens with zero attached hydrogens (tertiary/aromatic N) is 2. The number of hydrogen-bond donors (Lipinski definition) is 0. The maximum atomic E-state index is 14.1. The fourth-order valence-corrected chi connectivity index (χ4v) is 2.99. The Bertz CT molecular complexity index is 710. The zero-order valence-electron chi connectivity index (χ0n) is 12.5. The summed E-state index contributed by atoms with van der Waals surface area (Å²) in [7, 11) is 0.